The smallest absolute Gasteiger partial charge is 0.407 e. The molecule has 0 aromatic heterocycles. The van der Waals surface area contributed by atoms with E-state index < -0.39 is 47.1 Å². The number of alkyl carbamates (subject to hydrolysis) is 1. The van der Waals surface area contributed by atoms with Crippen LogP contribution >= 0.6 is 0 Å². The van der Waals surface area contributed by atoms with Crippen LogP contribution in [0.2, 0.25) is 34.8 Å². The van der Waals surface area contributed by atoms with Crippen LogP contribution in [0.3, 0.4) is 0 Å². The molecule has 1 amide bonds. The van der Waals surface area contributed by atoms with Crippen LogP contribution in [-0.4, -0.2) is 73.6 Å². The van der Waals surface area contributed by atoms with Gasteiger partial charge in [-0.05, 0) is 52.2 Å². The molecule has 0 radical (unpaired) electrons. The highest BCUT2D eigenvalue weighted by Gasteiger charge is 2.49. The number of hydrogen-bond acceptors (Lipinski definition) is 8. The maximum Gasteiger partial charge on any atom is 0.407 e. The number of carbonyl (C=O) groups excluding carboxylic acids is 2. The van der Waals surface area contributed by atoms with E-state index >= 15 is 0 Å². The Morgan fingerprint density at radius 2 is 1.38 bits per heavy atom. The Morgan fingerprint density at radius 1 is 0.827 bits per heavy atom. The fourth-order valence-electron chi connectivity index (χ4n) is 7.00. The molecule has 0 unspecified atom stereocenters. The Morgan fingerprint density at radius 3 is 1.85 bits per heavy atom. The lowest BCUT2D eigenvalue weighted by atomic mass is 9.92. The number of benzene rings is 1. The van der Waals surface area contributed by atoms with Crippen LogP contribution in [0.25, 0.3) is 0 Å². The monoisotopic (exact) mass is 768 g/mol. The quantitative estimate of drug-likeness (QED) is 0.0667. The summed E-state index contributed by atoms with van der Waals surface area (Å²) in [4.78, 5) is 27.7. The molecule has 6 atom stereocenters. The van der Waals surface area contributed by atoms with Gasteiger partial charge in [0.15, 0.2) is 8.32 Å². The van der Waals surface area contributed by atoms with Crippen LogP contribution in [0.1, 0.15) is 115 Å². The van der Waals surface area contributed by atoms with E-state index in [-0.39, 0.29) is 65.2 Å². The molecule has 302 valence electrons. The van der Waals surface area contributed by atoms with Crippen LogP contribution < -0.4 is 5.32 Å². The minimum atomic E-state index is -2.52. The van der Waals surface area contributed by atoms with E-state index in [0.717, 1.165) is 12.0 Å². The van der Waals surface area contributed by atoms with Gasteiger partial charge in [-0.2, -0.15) is 0 Å². The van der Waals surface area contributed by atoms with Crippen LogP contribution in [0.15, 0.2) is 30.3 Å². The summed E-state index contributed by atoms with van der Waals surface area (Å²) in [6, 6.07) is 9.12. The molecule has 1 aromatic rings. The van der Waals surface area contributed by atoms with Gasteiger partial charge >= 0.3 is 12.1 Å². The van der Waals surface area contributed by atoms with Crippen molar-refractivity contribution in [3.8, 4) is 0 Å². The van der Waals surface area contributed by atoms with Crippen LogP contribution in [0.4, 0.5) is 4.79 Å². The van der Waals surface area contributed by atoms with Crippen molar-refractivity contribution in [2.24, 2.45) is 17.8 Å². The Bertz CT molecular complexity index is 1150. The zero-order valence-corrected chi connectivity index (χ0v) is 38.0. The van der Waals surface area contributed by atoms with Crippen LogP contribution in [0, 0.1) is 17.8 Å². The van der Waals surface area contributed by atoms with Gasteiger partial charge in [0.05, 0.1) is 18.6 Å². The predicted octanol–water partition coefficient (Wildman–Crippen LogP) is 10.5. The molecule has 0 saturated heterocycles. The third-order valence-electron chi connectivity index (χ3n) is 11.3. The largest absolute Gasteiger partial charge is 0.459 e. The molecule has 11 heteroatoms. The fraction of sp³-hybridized carbons (Fsp3) is 0.805. The Kier molecular flexibility index (Phi) is 20.4. The lowest BCUT2D eigenvalue weighted by Gasteiger charge is -2.47. The molecule has 1 rings (SSSR count). The highest BCUT2D eigenvalue weighted by Crippen LogP contribution is 2.44. The summed E-state index contributed by atoms with van der Waals surface area (Å²) < 4.78 is 37.7. The van der Waals surface area contributed by atoms with E-state index in [2.05, 4.69) is 101 Å². The van der Waals surface area contributed by atoms with E-state index in [4.69, 9.17) is 27.8 Å². The van der Waals surface area contributed by atoms with E-state index in [1.54, 1.807) is 7.11 Å². The molecule has 52 heavy (non-hydrogen) atoms. The van der Waals surface area contributed by atoms with Gasteiger partial charge in [-0.15, -0.1) is 0 Å². The lowest BCUT2D eigenvalue weighted by Crippen LogP contribution is -2.57. The maximum absolute atomic E-state index is 14.3. The molecule has 0 fully saturated rings. The van der Waals surface area contributed by atoms with Crippen LogP contribution in [-0.2, 0) is 39.2 Å². The lowest BCUT2D eigenvalue weighted by molar-refractivity contribution is -0.181. The standard InChI is InChI=1S/C41H77NO8Si2/c1-18-32(10)37(42-40(44)46-26-34-22-20-19-21-23-34)35(50-52(29(4)5,30(6)7)31(8)9)24-36(43)49-38(28(2)3)39(47-27-45-15)33(11)25-48-51(16,17)41(12,13)14/h19-23,28-33,35,37-39H,18,24-27H2,1-17H3,(H,42,44)/t32-,33+,35+,37+,38-,39-/m0/s1. The van der Waals surface area contributed by atoms with Gasteiger partial charge in [0.2, 0.25) is 8.32 Å². The highest BCUT2D eigenvalue weighted by atomic mass is 28.4. The molecule has 0 heterocycles. The first kappa shape index (κ1) is 48.3. The number of esters is 1. The minimum Gasteiger partial charge on any atom is -0.459 e. The van der Waals surface area contributed by atoms with Crippen molar-refractivity contribution in [3.05, 3.63) is 35.9 Å². The normalized spacial score (nSPS) is 16.5. The summed E-state index contributed by atoms with van der Waals surface area (Å²) in [6.07, 6.45) is -1.44. The summed E-state index contributed by atoms with van der Waals surface area (Å²) in [7, 11) is -2.96. The summed E-state index contributed by atoms with van der Waals surface area (Å²) >= 11 is 0. The molecule has 1 N–H and O–H groups in total. The van der Waals surface area contributed by atoms with Crippen molar-refractivity contribution < 1.29 is 37.4 Å². The molecule has 0 aliphatic carbocycles. The van der Waals surface area contributed by atoms with Crippen molar-refractivity contribution >= 4 is 28.7 Å². The summed E-state index contributed by atoms with van der Waals surface area (Å²) in [5.41, 5.74) is 1.70. The third-order valence-corrected chi connectivity index (χ3v) is 21.9. The van der Waals surface area contributed by atoms with E-state index in [1.807, 2.05) is 44.2 Å². The molecule has 9 nitrogen and oxygen atoms in total. The van der Waals surface area contributed by atoms with Crippen molar-refractivity contribution in [1.82, 2.24) is 5.32 Å². The number of methoxy groups -OCH3 is 1. The topological polar surface area (TPSA) is 102 Å². The van der Waals surface area contributed by atoms with Gasteiger partial charge in [0, 0.05) is 19.6 Å². The summed E-state index contributed by atoms with van der Waals surface area (Å²) in [5.74, 6) is -0.522. The first-order valence-corrected chi connectivity index (χ1v) is 24.7. The Balaban J connectivity index is 3.54. The van der Waals surface area contributed by atoms with Gasteiger partial charge in [0.25, 0.3) is 0 Å². The maximum atomic E-state index is 14.3. The van der Waals surface area contributed by atoms with Gasteiger partial charge in [-0.25, -0.2) is 4.79 Å². The van der Waals surface area contributed by atoms with E-state index in [9.17, 15) is 9.59 Å². The first-order chi connectivity index (χ1) is 24.0. The number of ether oxygens (including phenoxy) is 4. The third kappa shape index (κ3) is 14.1. The molecule has 0 saturated carbocycles. The molecular formula is C41H77NO8Si2. The zero-order valence-electron chi connectivity index (χ0n) is 36.0. The first-order valence-electron chi connectivity index (χ1n) is 19.6. The number of hydrogen-bond donors (Lipinski definition) is 1. The molecular weight excluding hydrogens is 691 g/mol. The van der Waals surface area contributed by atoms with Gasteiger partial charge < -0.3 is 33.1 Å². The van der Waals surface area contributed by atoms with Crippen LogP contribution in [0.5, 0.6) is 0 Å². The molecule has 0 aliphatic rings. The second-order valence-corrected chi connectivity index (χ2v) is 27.8. The molecule has 1 aromatic carbocycles. The van der Waals surface area contributed by atoms with Crippen molar-refractivity contribution in [2.75, 3.05) is 20.5 Å². The molecule has 0 bridgehead atoms. The van der Waals surface area contributed by atoms with E-state index in [0.29, 0.717) is 6.61 Å². The van der Waals surface area contributed by atoms with Crippen molar-refractivity contribution in [2.45, 2.75) is 175 Å². The number of amides is 1. The number of nitrogens with one attached hydrogen (secondary N) is 1. The second-order valence-electron chi connectivity index (χ2n) is 17.6. The van der Waals surface area contributed by atoms with Crippen molar-refractivity contribution in [3.63, 3.8) is 0 Å². The van der Waals surface area contributed by atoms with Gasteiger partial charge in [-0.3, -0.25) is 4.79 Å². The number of rotatable bonds is 23. The Hall–Kier alpha value is -1.77. The SMILES string of the molecule is CC[C@H](C)[C@@H](NC(=O)OCc1ccccc1)[C@@H](CC(=O)O[C@@H](C(C)C)[C@@H](OCOC)[C@H](C)CO[Si](C)(C)C(C)(C)C)O[Si](C(C)C)(C(C)C)C(C)C. The predicted molar refractivity (Wildman–Crippen MR) is 217 cm³/mol. The van der Waals surface area contributed by atoms with E-state index in [1.165, 1.54) is 0 Å². The summed E-state index contributed by atoms with van der Waals surface area (Å²) in [6.45, 7) is 35.5. The average molecular weight is 768 g/mol. The minimum absolute atomic E-state index is 0.00792. The highest BCUT2D eigenvalue weighted by molar-refractivity contribution is 6.77. The molecule has 0 spiro atoms. The summed E-state index contributed by atoms with van der Waals surface area (Å²) in [5, 5.41) is 3.20. The number of carbonyl (C=O) groups is 2. The second kappa shape index (κ2) is 22.0. The fourth-order valence-corrected chi connectivity index (χ4v) is 13.7. The Labute approximate surface area is 320 Å². The van der Waals surface area contributed by atoms with Gasteiger partial charge in [0.1, 0.15) is 25.6 Å². The van der Waals surface area contributed by atoms with Crippen molar-refractivity contribution in [1.29, 1.82) is 0 Å². The average Bonchev–Trinajstić information content (AvgIpc) is 3.05. The zero-order chi connectivity index (χ0) is 40.0. The van der Waals surface area contributed by atoms with Gasteiger partial charge in [-0.1, -0.05) is 134 Å². The molecule has 0 aliphatic heterocycles.